The fourth-order valence-corrected chi connectivity index (χ4v) is 1.27. The van der Waals surface area contributed by atoms with Crippen LogP contribution < -0.4 is 11.1 Å². The summed E-state index contributed by atoms with van der Waals surface area (Å²) in [6.45, 7) is 8.32. The predicted octanol–water partition coefficient (Wildman–Crippen LogP) is 0.113. The average molecular weight is 183 g/mol. The van der Waals surface area contributed by atoms with E-state index in [1.54, 1.807) is 6.08 Å². The van der Waals surface area contributed by atoms with Crippen molar-refractivity contribution in [3.05, 3.63) is 12.7 Å². The summed E-state index contributed by atoms with van der Waals surface area (Å²) in [6.07, 6.45) is 1.67. The van der Waals surface area contributed by atoms with Gasteiger partial charge in [-0.25, -0.2) is 0 Å². The van der Waals surface area contributed by atoms with E-state index in [1.165, 1.54) is 0 Å². The van der Waals surface area contributed by atoms with Gasteiger partial charge >= 0.3 is 0 Å². The second-order valence-electron chi connectivity index (χ2n) is 3.49. The lowest BCUT2D eigenvalue weighted by Gasteiger charge is -2.20. The molecule has 4 nitrogen and oxygen atoms in total. The molecule has 1 rings (SSSR count). The smallest absolute Gasteiger partial charge is 0.135 e. The van der Waals surface area contributed by atoms with Crippen molar-refractivity contribution in [1.29, 1.82) is 0 Å². The molecule has 1 atom stereocenters. The van der Waals surface area contributed by atoms with E-state index in [4.69, 9.17) is 10.6 Å². The minimum absolute atomic E-state index is 0.0405. The molecule has 0 amide bonds. The quantitative estimate of drug-likeness (QED) is 0.369. The molecule has 0 bridgehead atoms. The molecule has 3 N–H and O–H groups in total. The highest BCUT2D eigenvalue weighted by Crippen LogP contribution is 2.20. The summed E-state index contributed by atoms with van der Waals surface area (Å²) in [5.41, 5.74) is 6.62. The van der Waals surface area contributed by atoms with Crippen LogP contribution in [-0.4, -0.2) is 32.0 Å². The van der Waals surface area contributed by atoms with Crippen molar-refractivity contribution in [2.24, 2.45) is 16.3 Å². The van der Waals surface area contributed by atoms with Gasteiger partial charge in [-0.2, -0.15) is 0 Å². The van der Waals surface area contributed by atoms with Crippen molar-refractivity contribution >= 4 is 5.71 Å². The third kappa shape index (κ3) is 2.29. The van der Waals surface area contributed by atoms with Gasteiger partial charge in [0.2, 0.25) is 0 Å². The van der Waals surface area contributed by atoms with Gasteiger partial charge in [-0.3, -0.25) is 0 Å². The summed E-state index contributed by atoms with van der Waals surface area (Å²) in [4.78, 5) is 5.04. The van der Waals surface area contributed by atoms with E-state index in [2.05, 4.69) is 24.0 Å². The molecule has 1 aliphatic rings. The van der Waals surface area contributed by atoms with Gasteiger partial charge in [-0.05, 0) is 0 Å². The fourth-order valence-electron chi connectivity index (χ4n) is 1.27. The number of nitrogens with zero attached hydrogens (tertiary/aromatic N) is 1. The van der Waals surface area contributed by atoms with Crippen molar-refractivity contribution in [2.75, 3.05) is 26.2 Å². The van der Waals surface area contributed by atoms with Crippen molar-refractivity contribution in [2.45, 2.75) is 6.92 Å². The molecule has 0 aromatic carbocycles. The SMILES string of the molecule is C=CCO/N=C1\CNCC1(C)CN. The predicted molar refractivity (Wildman–Crippen MR) is 53.6 cm³/mol. The molecule has 74 valence electrons. The van der Waals surface area contributed by atoms with Gasteiger partial charge in [0.15, 0.2) is 0 Å². The van der Waals surface area contributed by atoms with Crippen LogP contribution in [0.2, 0.25) is 0 Å². The van der Waals surface area contributed by atoms with Gasteiger partial charge in [0, 0.05) is 25.0 Å². The van der Waals surface area contributed by atoms with E-state index in [9.17, 15) is 0 Å². The largest absolute Gasteiger partial charge is 0.392 e. The molecule has 1 heterocycles. The number of nitrogens with one attached hydrogen (secondary N) is 1. The average Bonchev–Trinajstić information content (AvgIpc) is 2.50. The minimum atomic E-state index is -0.0405. The standard InChI is InChI=1S/C9H17N3O/c1-3-4-13-12-8-5-11-7-9(8,2)6-10/h3,11H,1,4-7,10H2,2H3/b12-8+. The van der Waals surface area contributed by atoms with E-state index < -0.39 is 0 Å². The number of oxime groups is 1. The first-order valence-electron chi connectivity index (χ1n) is 4.44. The highest BCUT2D eigenvalue weighted by atomic mass is 16.6. The van der Waals surface area contributed by atoms with Crippen LogP contribution in [0.3, 0.4) is 0 Å². The normalized spacial score (nSPS) is 30.8. The van der Waals surface area contributed by atoms with Crippen LogP contribution >= 0.6 is 0 Å². The Labute approximate surface area is 78.8 Å². The molecular weight excluding hydrogens is 166 g/mol. The van der Waals surface area contributed by atoms with Crippen LogP contribution in [0.25, 0.3) is 0 Å². The second-order valence-corrected chi connectivity index (χ2v) is 3.49. The number of nitrogens with two attached hydrogens (primary N) is 1. The van der Waals surface area contributed by atoms with E-state index >= 15 is 0 Å². The molecule has 1 aliphatic heterocycles. The van der Waals surface area contributed by atoms with Gasteiger partial charge in [0.25, 0.3) is 0 Å². The van der Waals surface area contributed by atoms with Crippen molar-refractivity contribution in [3.63, 3.8) is 0 Å². The Hall–Kier alpha value is -0.870. The Balaban J connectivity index is 2.56. The van der Waals surface area contributed by atoms with Crippen LogP contribution in [0, 0.1) is 5.41 Å². The zero-order valence-corrected chi connectivity index (χ0v) is 8.05. The highest BCUT2D eigenvalue weighted by molar-refractivity contribution is 5.93. The zero-order chi connectivity index (χ0) is 9.73. The molecule has 1 unspecified atom stereocenters. The summed E-state index contributed by atoms with van der Waals surface area (Å²) >= 11 is 0. The number of hydrogen-bond donors (Lipinski definition) is 2. The van der Waals surface area contributed by atoms with Crippen LogP contribution in [0.15, 0.2) is 17.8 Å². The fraction of sp³-hybridized carbons (Fsp3) is 0.667. The van der Waals surface area contributed by atoms with Crippen molar-refractivity contribution < 1.29 is 4.84 Å². The van der Waals surface area contributed by atoms with E-state index in [0.717, 1.165) is 18.8 Å². The summed E-state index contributed by atoms with van der Waals surface area (Å²) < 4.78 is 0. The van der Waals surface area contributed by atoms with Gasteiger partial charge in [-0.1, -0.05) is 24.7 Å². The maximum absolute atomic E-state index is 5.67. The molecular formula is C9H17N3O. The summed E-state index contributed by atoms with van der Waals surface area (Å²) in [5, 5.41) is 7.26. The van der Waals surface area contributed by atoms with Crippen molar-refractivity contribution in [3.8, 4) is 0 Å². The topological polar surface area (TPSA) is 59.6 Å². The lowest BCUT2D eigenvalue weighted by Crippen LogP contribution is -2.35. The molecule has 1 fully saturated rings. The number of rotatable bonds is 4. The second kappa shape index (κ2) is 4.39. The van der Waals surface area contributed by atoms with Crippen LogP contribution in [0.4, 0.5) is 0 Å². The van der Waals surface area contributed by atoms with Gasteiger partial charge in [-0.15, -0.1) is 0 Å². The Bertz CT molecular complexity index is 215. The first-order chi connectivity index (χ1) is 6.23. The van der Waals surface area contributed by atoms with Crippen LogP contribution in [-0.2, 0) is 4.84 Å². The van der Waals surface area contributed by atoms with E-state index in [0.29, 0.717) is 13.2 Å². The Morgan fingerprint density at radius 3 is 3.23 bits per heavy atom. The molecule has 1 saturated heterocycles. The van der Waals surface area contributed by atoms with Crippen LogP contribution in [0.1, 0.15) is 6.92 Å². The first kappa shape index (κ1) is 10.2. The zero-order valence-electron chi connectivity index (χ0n) is 8.05. The maximum atomic E-state index is 5.67. The summed E-state index contributed by atoms with van der Waals surface area (Å²) in [6, 6.07) is 0. The lowest BCUT2D eigenvalue weighted by molar-refractivity contribution is 0.171. The van der Waals surface area contributed by atoms with Crippen LogP contribution in [0.5, 0.6) is 0 Å². The monoisotopic (exact) mass is 183 g/mol. The molecule has 0 saturated carbocycles. The summed E-state index contributed by atoms with van der Waals surface area (Å²) in [7, 11) is 0. The molecule has 0 aliphatic carbocycles. The van der Waals surface area contributed by atoms with Gasteiger partial charge in [0.1, 0.15) is 6.61 Å². The number of hydrogen-bond acceptors (Lipinski definition) is 4. The third-order valence-electron chi connectivity index (χ3n) is 2.32. The molecule has 0 spiro atoms. The first-order valence-corrected chi connectivity index (χ1v) is 4.44. The maximum Gasteiger partial charge on any atom is 0.135 e. The Kier molecular flexibility index (Phi) is 3.45. The van der Waals surface area contributed by atoms with E-state index in [1.807, 2.05) is 0 Å². The third-order valence-corrected chi connectivity index (χ3v) is 2.32. The van der Waals surface area contributed by atoms with Gasteiger partial charge < -0.3 is 15.9 Å². The highest BCUT2D eigenvalue weighted by Gasteiger charge is 2.34. The molecule has 4 heteroatoms. The van der Waals surface area contributed by atoms with Crippen molar-refractivity contribution in [1.82, 2.24) is 5.32 Å². The molecule has 0 radical (unpaired) electrons. The molecule has 13 heavy (non-hydrogen) atoms. The minimum Gasteiger partial charge on any atom is -0.392 e. The van der Waals surface area contributed by atoms with Gasteiger partial charge in [0.05, 0.1) is 5.71 Å². The Morgan fingerprint density at radius 2 is 2.62 bits per heavy atom. The summed E-state index contributed by atoms with van der Waals surface area (Å²) in [5.74, 6) is 0. The Morgan fingerprint density at radius 1 is 1.85 bits per heavy atom. The van der Waals surface area contributed by atoms with E-state index in [-0.39, 0.29) is 5.41 Å². The lowest BCUT2D eigenvalue weighted by atomic mass is 9.88. The molecule has 0 aromatic heterocycles. The molecule has 0 aromatic rings.